The Morgan fingerprint density at radius 3 is 2.79 bits per heavy atom. The van der Waals surface area contributed by atoms with Gasteiger partial charge in [0.2, 0.25) is 0 Å². The highest BCUT2D eigenvalue weighted by molar-refractivity contribution is 5.30. The molecule has 0 aliphatic heterocycles. The van der Waals surface area contributed by atoms with Crippen LogP contribution in [0.25, 0.3) is 0 Å². The standard InChI is InChI=1S/C17H23NO/c1-13-6-7-14(2)16(11-13)12-18-15(3)8-9-17-5-4-10-19-17/h4-7,10-11,15,18H,8-9,12H2,1-3H3. The lowest BCUT2D eigenvalue weighted by molar-refractivity contribution is 0.459. The van der Waals surface area contributed by atoms with Crippen LogP contribution in [-0.2, 0) is 13.0 Å². The Bertz CT molecular complexity index is 502. The van der Waals surface area contributed by atoms with Crippen molar-refractivity contribution in [2.24, 2.45) is 0 Å². The molecule has 1 unspecified atom stereocenters. The van der Waals surface area contributed by atoms with Gasteiger partial charge in [0.1, 0.15) is 5.76 Å². The van der Waals surface area contributed by atoms with Gasteiger partial charge in [-0.05, 0) is 50.5 Å². The van der Waals surface area contributed by atoms with Gasteiger partial charge in [0.25, 0.3) is 0 Å². The van der Waals surface area contributed by atoms with Crippen molar-refractivity contribution in [1.82, 2.24) is 5.32 Å². The molecular formula is C17H23NO. The third-order valence-electron chi connectivity index (χ3n) is 3.55. The second-order valence-corrected chi connectivity index (χ2v) is 5.33. The Morgan fingerprint density at radius 1 is 1.21 bits per heavy atom. The molecule has 0 bridgehead atoms. The van der Waals surface area contributed by atoms with Gasteiger partial charge in [0.15, 0.2) is 0 Å². The summed E-state index contributed by atoms with van der Waals surface area (Å²) in [6, 6.07) is 11.1. The van der Waals surface area contributed by atoms with Crippen molar-refractivity contribution >= 4 is 0 Å². The van der Waals surface area contributed by atoms with Crippen molar-refractivity contribution in [3.05, 3.63) is 59.0 Å². The van der Waals surface area contributed by atoms with Gasteiger partial charge >= 0.3 is 0 Å². The molecule has 1 atom stereocenters. The van der Waals surface area contributed by atoms with Crippen molar-refractivity contribution in [2.75, 3.05) is 0 Å². The van der Waals surface area contributed by atoms with Crippen LogP contribution in [0.15, 0.2) is 41.0 Å². The zero-order chi connectivity index (χ0) is 13.7. The molecule has 0 saturated carbocycles. The summed E-state index contributed by atoms with van der Waals surface area (Å²) in [5, 5.41) is 3.59. The maximum atomic E-state index is 5.35. The molecule has 1 N–H and O–H groups in total. The van der Waals surface area contributed by atoms with E-state index in [-0.39, 0.29) is 0 Å². The predicted molar refractivity (Wildman–Crippen MR) is 79.2 cm³/mol. The Kier molecular flexibility index (Phi) is 4.80. The summed E-state index contributed by atoms with van der Waals surface area (Å²) in [6.45, 7) is 7.48. The number of hydrogen-bond acceptors (Lipinski definition) is 2. The van der Waals surface area contributed by atoms with Crippen LogP contribution in [0.5, 0.6) is 0 Å². The molecule has 0 aliphatic rings. The molecule has 0 saturated heterocycles. The van der Waals surface area contributed by atoms with E-state index >= 15 is 0 Å². The topological polar surface area (TPSA) is 25.2 Å². The molecule has 1 aromatic carbocycles. The molecule has 19 heavy (non-hydrogen) atoms. The van der Waals surface area contributed by atoms with Gasteiger partial charge in [0, 0.05) is 19.0 Å². The van der Waals surface area contributed by atoms with Gasteiger partial charge in [-0.2, -0.15) is 0 Å². The fourth-order valence-corrected chi connectivity index (χ4v) is 2.19. The van der Waals surface area contributed by atoms with Crippen molar-refractivity contribution in [3.63, 3.8) is 0 Å². The first-order valence-corrected chi connectivity index (χ1v) is 6.97. The van der Waals surface area contributed by atoms with E-state index in [1.165, 1.54) is 16.7 Å². The van der Waals surface area contributed by atoms with Gasteiger partial charge in [-0.1, -0.05) is 23.8 Å². The molecule has 0 amide bonds. The molecule has 0 fully saturated rings. The summed E-state index contributed by atoms with van der Waals surface area (Å²) < 4.78 is 5.35. The van der Waals surface area contributed by atoms with Crippen LogP contribution >= 0.6 is 0 Å². The molecule has 2 heteroatoms. The first-order chi connectivity index (χ1) is 9.15. The number of furan rings is 1. The first-order valence-electron chi connectivity index (χ1n) is 6.97. The highest BCUT2D eigenvalue weighted by Gasteiger charge is 2.05. The number of aryl methyl sites for hydroxylation is 3. The second-order valence-electron chi connectivity index (χ2n) is 5.33. The Balaban J connectivity index is 1.79. The molecule has 1 aromatic heterocycles. The van der Waals surface area contributed by atoms with Crippen LogP contribution in [0.3, 0.4) is 0 Å². The second kappa shape index (κ2) is 6.58. The monoisotopic (exact) mass is 257 g/mol. The third-order valence-corrected chi connectivity index (χ3v) is 3.55. The molecule has 1 heterocycles. The SMILES string of the molecule is Cc1ccc(C)c(CNC(C)CCc2ccco2)c1. The van der Waals surface area contributed by atoms with E-state index in [9.17, 15) is 0 Å². The molecule has 2 nitrogen and oxygen atoms in total. The van der Waals surface area contributed by atoms with Crippen LogP contribution in [0.4, 0.5) is 0 Å². The summed E-state index contributed by atoms with van der Waals surface area (Å²) in [5.41, 5.74) is 4.08. The molecule has 2 rings (SSSR count). The fourth-order valence-electron chi connectivity index (χ4n) is 2.19. The van der Waals surface area contributed by atoms with Gasteiger partial charge in [-0.15, -0.1) is 0 Å². The van der Waals surface area contributed by atoms with Gasteiger partial charge < -0.3 is 9.73 Å². The normalized spacial score (nSPS) is 12.6. The van der Waals surface area contributed by atoms with Gasteiger partial charge in [-0.25, -0.2) is 0 Å². The van der Waals surface area contributed by atoms with Crippen LogP contribution in [0.2, 0.25) is 0 Å². The lowest BCUT2D eigenvalue weighted by Gasteiger charge is -2.15. The van der Waals surface area contributed by atoms with Crippen molar-refractivity contribution in [2.45, 2.75) is 46.2 Å². The van der Waals surface area contributed by atoms with Crippen molar-refractivity contribution in [3.8, 4) is 0 Å². The van der Waals surface area contributed by atoms with Crippen molar-refractivity contribution < 1.29 is 4.42 Å². The number of rotatable bonds is 6. The molecule has 0 radical (unpaired) electrons. The summed E-state index contributed by atoms with van der Waals surface area (Å²) in [5.74, 6) is 1.07. The van der Waals surface area contributed by atoms with E-state index in [4.69, 9.17) is 4.42 Å². The first kappa shape index (κ1) is 13.9. The molecule has 102 valence electrons. The summed E-state index contributed by atoms with van der Waals surface area (Å²) in [4.78, 5) is 0. The lowest BCUT2D eigenvalue weighted by atomic mass is 10.0. The van der Waals surface area contributed by atoms with E-state index < -0.39 is 0 Å². The molecule has 0 spiro atoms. The average molecular weight is 257 g/mol. The van der Waals surface area contributed by atoms with Crippen LogP contribution in [-0.4, -0.2) is 6.04 Å². The zero-order valence-corrected chi connectivity index (χ0v) is 12.1. The fraction of sp³-hybridized carbons (Fsp3) is 0.412. The summed E-state index contributed by atoms with van der Waals surface area (Å²) in [6.07, 6.45) is 3.83. The molecule has 0 aliphatic carbocycles. The van der Waals surface area contributed by atoms with E-state index in [1.54, 1.807) is 6.26 Å². The smallest absolute Gasteiger partial charge is 0.103 e. The maximum Gasteiger partial charge on any atom is 0.103 e. The quantitative estimate of drug-likeness (QED) is 0.846. The minimum absolute atomic E-state index is 0.491. The molecular weight excluding hydrogens is 234 g/mol. The zero-order valence-electron chi connectivity index (χ0n) is 12.1. The summed E-state index contributed by atoms with van der Waals surface area (Å²) in [7, 11) is 0. The summed E-state index contributed by atoms with van der Waals surface area (Å²) >= 11 is 0. The third kappa shape index (κ3) is 4.25. The largest absolute Gasteiger partial charge is 0.469 e. The van der Waals surface area contributed by atoms with E-state index in [0.717, 1.165) is 25.1 Å². The Hall–Kier alpha value is -1.54. The van der Waals surface area contributed by atoms with Gasteiger partial charge in [0.05, 0.1) is 6.26 Å². The van der Waals surface area contributed by atoms with Crippen LogP contribution in [0, 0.1) is 13.8 Å². The van der Waals surface area contributed by atoms with Crippen LogP contribution in [0.1, 0.15) is 35.8 Å². The predicted octanol–water partition coefficient (Wildman–Crippen LogP) is 4.01. The lowest BCUT2D eigenvalue weighted by Crippen LogP contribution is -2.26. The Labute approximate surface area is 115 Å². The minimum atomic E-state index is 0.491. The van der Waals surface area contributed by atoms with E-state index in [0.29, 0.717) is 6.04 Å². The number of benzene rings is 1. The number of hydrogen-bond donors (Lipinski definition) is 1. The number of nitrogens with one attached hydrogen (secondary N) is 1. The Morgan fingerprint density at radius 2 is 2.05 bits per heavy atom. The van der Waals surface area contributed by atoms with E-state index in [1.807, 2.05) is 12.1 Å². The minimum Gasteiger partial charge on any atom is -0.469 e. The van der Waals surface area contributed by atoms with Crippen molar-refractivity contribution in [1.29, 1.82) is 0 Å². The van der Waals surface area contributed by atoms with Gasteiger partial charge in [-0.3, -0.25) is 0 Å². The van der Waals surface area contributed by atoms with Crippen LogP contribution < -0.4 is 5.32 Å². The highest BCUT2D eigenvalue weighted by Crippen LogP contribution is 2.11. The average Bonchev–Trinajstić information content (AvgIpc) is 2.90. The highest BCUT2D eigenvalue weighted by atomic mass is 16.3. The van der Waals surface area contributed by atoms with E-state index in [2.05, 4.69) is 44.3 Å². The molecule has 2 aromatic rings. The maximum absolute atomic E-state index is 5.35.